The standard InChI is InChI=1S/C16H19NO5/c1-10-5-13-12(8-22-14(13)6-11(10)2)7-15(18)17-3-4-21-9-16(19)20/h5-6,8H,3-4,7,9H2,1-2H3,(H,17,18)(H,19,20). The molecular formula is C16H19NO5. The topological polar surface area (TPSA) is 88.8 Å². The lowest BCUT2D eigenvalue weighted by atomic mass is 10.0. The molecule has 0 aliphatic carbocycles. The van der Waals surface area contributed by atoms with Crippen LogP contribution in [0.5, 0.6) is 0 Å². The van der Waals surface area contributed by atoms with Crippen molar-refractivity contribution in [2.24, 2.45) is 0 Å². The number of carbonyl (C=O) groups excluding carboxylic acids is 1. The summed E-state index contributed by atoms with van der Waals surface area (Å²) in [6, 6.07) is 3.98. The van der Waals surface area contributed by atoms with Crippen molar-refractivity contribution < 1.29 is 23.8 Å². The van der Waals surface area contributed by atoms with Gasteiger partial charge in [-0.05, 0) is 37.1 Å². The molecule has 0 atom stereocenters. The van der Waals surface area contributed by atoms with Crippen LogP contribution in [0.15, 0.2) is 22.8 Å². The molecule has 0 spiro atoms. The van der Waals surface area contributed by atoms with Crippen LogP contribution in [0, 0.1) is 13.8 Å². The molecule has 0 radical (unpaired) electrons. The van der Waals surface area contributed by atoms with Crippen LogP contribution in [-0.4, -0.2) is 36.7 Å². The summed E-state index contributed by atoms with van der Waals surface area (Å²) in [5, 5.41) is 12.0. The summed E-state index contributed by atoms with van der Waals surface area (Å²) in [7, 11) is 0. The van der Waals surface area contributed by atoms with E-state index in [1.807, 2.05) is 26.0 Å². The van der Waals surface area contributed by atoms with E-state index in [4.69, 9.17) is 14.3 Å². The van der Waals surface area contributed by atoms with E-state index in [0.29, 0.717) is 0 Å². The van der Waals surface area contributed by atoms with Crippen molar-refractivity contribution in [3.63, 3.8) is 0 Å². The van der Waals surface area contributed by atoms with Gasteiger partial charge >= 0.3 is 5.97 Å². The van der Waals surface area contributed by atoms with Crippen LogP contribution in [0.2, 0.25) is 0 Å². The second-order valence-corrected chi connectivity index (χ2v) is 5.17. The number of hydrogen-bond donors (Lipinski definition) is 2. The van der Waals surface area contributed by atoms with Crippen LogP contribution >= 0.6 is 0 Å². The Balaban J connectivity index is 1.89. The molecule has 1 aromatic heterocycles. The number of furan rings is 1. The highest BCUT2D eigenvalue weighted by Crippen LogP contribution is 2.25. The van der Waals surface area contributed by atoms with Gasteiger partial charge in [-0.15, -0.1) is 0 Å². The molecule has 0 fully saturated rings. The minimum atomic E-state index is -1.03. The quantitative estimate of drug-likeness (QED) is 0.762. The average molecular weight is 305 g/mol. The van der Waals surface area contributed by atoms with Crippen LogP contribution < -0.4 is 5.32 Å². The number of carbonyl (C=O) groups is 2. The lowest BCUT2D eigenvalue weighted by Crippen LogP contribution is -2.29. The highest BCUT2D eigenvalue weighted by molar-refractivity contribution is 5.88. The number of carboxylic acid groups (broad SMARTS) is 1. The number of hydrogen-bond acceptors (Lipinski definition) is 4. The molecule has 0 saturated carbocycles. The number of aryl methyl sites for hydroxylation is 2. The number of aliphatic carboxylic acids is 1. The predicted octanol–water partition coefficient (Wildman–Crippen LogP) is 1.81. The van der Waals surface area contributed by atoms with Crippen LogP contribution in [0.1, 0.15) is 16.7 Å². The Morgan fingerprint density at radius 1 is 1.27 bits per heavy atom. The monoisotopic (exact) mass is 305 g/mol. The van der Waals surface area contributed by atoms with E-state index in [1.165, 1.54) is 0 Å². The van der Waals surface area contributed by atoms with Crippen LogP contribution in [0.3, 0.4) is 0 Å². The van der Waals surface area contributed by atoms with E-state index in [9.17, 15) is 9.59 Å². The van der Waals surface area contributed by atoms with Gasteiger partial charge in [0.05, 0.1) is 19.3 Å². The Morgan fingerprint density at radius 3 is 2.73 bits per heavy atom. The third-order valence-corrected chi connectivity index (χ3v) is 3.42. The molecule has 0 aliphatic heterocycles. The molecule has 0 unspecified atom stereocenters. The molecule has 0 aliphatic rings. The number of fused-ring (bicyclic) bond motifs is 1. The van der Waals surface area contributed by atoms with Crippen LogP contribution in [0.4, 0.5) is 0 Å². The van der Waals surface area contributed by atoms with Gasteiger partial charge in [0.15, 0.2) is 0 Å². The molecule has 22 heavy (non-hydrogen) atoms. The number of carboxylic acids is 1. The highest BCUT2D eigenvalue weighted by Gasteiger charge is 2.11. The van der Waals surface area contributed by atoms with E-state index in [0.717, 1.165) is 27.7 Å². The molecule has 6 nitrogen and oxygen atoms in total. The third-order valence-electron chi connectivity index (χ3n) is 3.42. The van der Waals surface area contributed by atoms with Crippen molar-refractivity contribution in [2.75, 3.05) is 19.8 Å². The fourth-order valence-corrected chi connectivity index (χ4v) is 2.13. The van der Waals surface area contributed by atoms with E-state index in [-0.39, 0.29) is 32.1 Å². The van der Waals surface area contributed by atoms with E-state index in [1.54, 1.807) is 6.26 Å². The molecule has 1 heterocycles. The van der Waals surface area contributed by atoms with Crippen molar-refractivity contribution in [1.29, 1.82) is 0 Å². The summed E-state index contributed by atoms with van der Waals surface area (Å²) >= 11 is 0. The van der Waals surface area contributed by atoms with Gasteiger partial charge in [0, 0.05) is 17.5 Å². The summed E-state index contributed by atoms with van der Waals surface area (Å²) in [5.41, 5.74) is 3.91. The number of ether oxygens (including phenoxy) is 1. The number of benzene rings is 1. The lowest BCUT2D eigenvalue weighted by molar-refractivity contribution is -0.142. The lowest BCUT2D eigenvalue weighted by Gasteiger charge is -2.05. The smallest absolute Gasteiger partial charge is 0.329 e. The van der Waals surface area contributed by atoms with Crippen molar-refractivity contribution in [2.45, 2.75) is 20.3 Å². The first-order valence-electron chi connectivity index (χ1n) is 7.01. The van der Waals surface area contributed by atoms with Gasteiger partial charge in [-0.25, -0.2) is 4.79 Å². The SMILES string of the molecule is Cc1cc2occ(CC(=O)NCCOCC(=O)O)c2cc1C. The van der Waals surface area contributed by atoms with E-state index in [2.05, 4.69) is 5.32 Å². The number of nitrogens with one attached hydrogen (secondary N) is 1. The number of amides is 1. The maximum atomic E-state index is 11.9. The van der Waals surface area contributed by atoms with Gasteiger partial charge in [0.1, 0.15) is 12.2 Å². The van der Waals surface area contributed by atoms with Crippen LogP contribution in [0.25, 0.3) is 11.0 Å². The highest BCUT2D eigenvalue weighted by atomic mass is 16.5. The Morgan fingerprint density at radius 2 is 2.00 bits per heavy atom. The summed E-state index contributed by atoms with van der Waals surface area (Å²) < 4.78 is 10.3. The summed E-state index contributed by atoms with van der Waals surface area (Å²) in [4.78, 5) is 22.1. The molecule has 1 aromatic carbocycles. The van der Waals surface area contributed by atoms with E-state index < -0.39 is 5.97 Å². The zero-order valence-electron chi connectivity index (χ0n) is 12.6. The molecule has 0 saturated heterocycles. The van der Waals surface area contributed by atoms with E-state index >= 15 is 0 Å². The second kappa shape index (κ2) is 7.09. The Bertz CT molecular complexity index is 689. The molecule has 1 amide bonds. The van der Waals surface area contributed by atoms with Crippen molar-refractivity contribution in [3.8, 4) is 0 Å². The average Bonchev–Trinajstić information content (AvgIpc) is 2.81. The minimum Gasteiger partial charge on any atom is -0.480 e. The van der Waals surface area contributed by atoms with Crippen molar-refractivity contribution >= 4 is 22.8 Å². The predicted molar refractivity (Wildman–Crippen MR) is 80.9 cm³/mol. The van der Waals surface area contributed by atoms with Crippen molar-refractivity contribution in [1.82, 2.24) is 5.32 Å². The first-order chi connectivity index (χ1) is 10.5. The molecule has 118 valence electrons. The van der Waals surface area contributed by atoms with Crippen LogP contribution in [-0.2, 0) is 20.7 Å². The zero-order chi connectivity index (χ0) is 16.1. The second-order valence-electron chi connectivity index (χ2n) is 5.17. The van der Waals surface area contributed by atoms with Gasteiger partial charge in [0.2, 0.25) is 5.91 Å². The van der Waals surface area contributed by atoms with Gasteiger partial charge in [-0.1, -0.05) is 0 Å². The normalized spacial score (nSPS) is 10.8. The first kappa shape index (κ1) is 16.0. The maximum absolute atomic E-state index is 11.9. The maximum Gasteiger partial charge on any atom is 0.329 e. The molecule has 6 heteroatoms. The van der Waals surface area contributed by atoms with Gasteiger partial charge in [-0.2, -0.15) is 0 Å². The summed E-state index contributed by atoms with van der Waals surface area (Å²) in [6.07, 6.45) is 1.82. The fourth-order valence-electron chi connectivity index (χ4n) is 2.13. The minimum absolute atomic E-state index is 0.153. The zero-order valence-corrected chi connectivity index (χ0v) is 12.6. The summed E-state index contributed by atoms with van der Waals surface area (Å²) in [5.74, 6) is -1.18. The fraction of sp³-hybridized carbons (Fsp3) is 0.375. The third kappa shape index (κ3) is 4.08. The Kier molecular flexibility index (Phi) is 5.16. The van der Waals surface area contributed by atoms with Gasteiger partial charge < -0.3 is 19.6 Å². The van der Waals surface area contributed by atoms with Gasteiger partial charge in [-0.3, -0.25) is 4.79 Å². The molecule has 2 N–H and O–H groups in total. The molecule has 2 aromatic rings. The molecular weight excluding hydrogens is 286 g/mol. The Hall–Kier alpha value is -2.34. The summed E-state index contributed by atoms with van der Waals surface area (Å²) in [6.45, 7) is 4.12. The van der Waals surface area contributed by atoms with Crippen molar-refractivity contribution in [3.05, 3.63) is 35.1 Å². The first-order valence-corrected chi connectivity index (χ1v) is 7.01. The van der Waals surface area contributed by atoms with Gasteiger partial charge in [0.25, 0.3) is 0 Å². The largest absolute Gasteiger partial charge is 0.480 e. The number of rotatable bonds is 7. The molecule has 0 bridgehead atoms. The Labute approximate surface area is 128 Å². The molecule has 2 rings (SSSR count).